The van der Waals surface area contributed by atoms with Crippen molar-refractivity contribution in [3.8, 4) is 0 Å². The maximum atomic E-state index is 13.1. The van der Waals surface area contributed by atoms with Gasteiger partial charge in [-0.25, -0.2) is 12.8 Å². The first-order valence-corrected chi connectivity index (χ1v) is 12.2. The molecule has 1 aliphatic rings. The molecular formula is C23H29FN2O3S. The molecule has 3 rings (SSSR count). The lowest BCUT2D eigenvalue weighted by molar-refractivity contribution is -0.128. The number of carbonyl (C=O) groups is 1. The summed E-state index contributed by atoms with van der Waals surface area (Å²) in [5.41, 5.74) is 2.13. The predicted octanol–water partition coefficient (Wildman–Crippen LogP) is 2.91. The van der Waals surface area contributed by atoms with Crippen molar-refractivity contribution in [2.75, 3.05) is 37.7 Å². The third-order valence-electron chi connectivity index (χ3n) is 5.37. The molecular weight excluding hydrogens is 403 g/mol. The van der Waals surface area contributed by atoms with E-state index in [1.165, 1.54) is 12.1 Å². The van der Waals surface area contributed by atoms with Crippen molar-refractivity contribution in [2.24, 2.45) is 0 Å². The number of hydrogen-bond donors (Lipinski definition) is 0. The van der Waals surface area contributed by atoms with Gasteiger partial charge < -0.3 is 4.90 Å². The van der Waals surface area contributed by atoms with Crippen LogP contribution in [0.15, 0.2) is 54.6 Å². The van der Waals surface area contributed by atoms with Gasteiger partial charge in [-0.05, 0) is 42.5 Å². The Morgan fingerprint density at radius 1 is 0.900 bits per heavy atom. The summed E-state index contributed by atoms with van der Waals surface area (Å²) in [5.74, 6) is -0.951. The van der Waals surface area contributed by atoms with E-state index in [-0.39, 0.29) is 17.5 Å². The average molecular weight is 433 g/mol. The molecule has 1 heterocycles. The minimum atomic E-state index is -3.42. The Morgan fingerprint density at radius 3 is 2.37 bits per heavy atom. The zero-order valence-electron chi connectivity index (χ0n) is 17.2. The molecule has 0 bridgehead atoms. The first-order valence-electron chi connectivity index (χ1n) is 10.4. The topological polar surface area (TPSA) is 57.7 Å². The van der Waals surface area contributed by atoms with Gasteiger partial charge in [0.15, 0.2) is 9.84 Å². The summed E-state index contributed by atoms with van der Waals surface area (Å²) in [6.45, 7) is 3.28. The molecule has 2 aromatic carbocycles. The highest BCUT2D eigenvalue weighted by Crippen LogP contribution is 2.11. The van der Waals surface area contributed by atoms with Gasteiger partial charge in [0.1, 0.15) is 11.6 Å². The molecule has 2 aromatic rings. The summed E-state index contributed by atoms with van der Waals surface area (Å²) in [6, 6.07) is 16.2. The molecule has 0 aliphatic carbocycles. The number of benzene rings is 2. The van der Waals surface area contributed by atoms with Gasteiger partial charge in [-0.3, -0.25) is 9.69 Å². The number of carbonyl (C=O) groups excluding carboxylic acids is 1. The summed E-state index contributed by atoms with van der Waals surface area (Å²) >= 11 is 0. The molecule has 1 saturated heterocycles. The third kappa shape index (κ3) is 7.22. The largest absolute Gasteiger partial charge is 0.340 e. The molecule has 0 saturated carbocycles. The zero-order valence-corrected chi connectivity index (χ0v) is 18.0. The first kappa shape index (κ1) is 22.4. The van der Waals surface area contributed by atoms with Crippen LogP contribution in [0.3, 0.4) is 0 Å². The Hall–Kier alpha value is -2.25. The normalized spacial score (nSPS) is 15.7. The van der Waals surface area contributed by atoms with Crippen molar-refractivity contribution < 1.29 is 17.6 Å². The standard InChI is InChI=1S/C23H29FN2O3S/c24-22-11-9-21(10-12-22)18-25-13-5-14-26(16-15-25)23(27)19-30(28,29)17-4-8-20-6-2-1-3-7-20/h1-3,6-7,9-12H,4-5,8,13-19H2. The molecule has 7 heteroatoms. The van der Waals surface area contributed by atoms with Crippen molar-refractivity contribution in [1.82, 2.24) is 9.80 Å². The van der Waals surface area contributed by atoms with Gasteiger partial charge in [0.2, 0.25) is 5.91 Å². The minimum absolute atomic E-state index is 0.0260. The van der Waals surface area contributed by atoms with Gasteiger partial charge in [-0.1, -0.05) is 42.5 Å². The SMILES string of the molecule is O=C(CS(=O)(=O)CCCc1ccccc1)N1CCCN(Cc2ccc(F)cc2)CC1. The van der Waals surface area contributed by atoms with Gasteiger partial charge in [0.25, 0.3) is 0 Å². The van der Waals surface area contributed by atoms with Crippen LogP contribution in [0, 0.1) is 5.82 Å². The molecule has 0 aromatic heterocycles. The quantitative estimate of drug-likeness (QED) is 0.644. The average Bonchev–Trinajstić information content (AvgIpc) is 2.96. The molecule has 1 aliphatic heterocycles. The van der Waals surface area contributed by atoms with E-state index in [4.69, 9.17) is 0 Å². The molecule has 1 amide bonds. The highest BCUT2D eigenvalue weighted by Gasteiger charge is 2.24. The Morgan fingerprint density at radius 2 is 1.63 bits per heavy atom. The molecule has 30 heavy (non-hydrogen) atoms. The fraction of sp³-hybridized carbons (Fsp3) is 0.435. The molecule has 1 fully saturated rings. The lowest BCUT2D eigenvalue weighted by Crippen LogP contribution is -2.39. The first-order chi connectivity index (χ1) is 14.4. The van der Waals surface area contributed by atoms with E-state index in [9.17, 15) is 17.6 Å². The van der Waals surface area contributed by atoms with Crippen LogP contribution in [-0.4, -0.2) is 61.8 Å². The molecule has 0 spiro atoms. The molecule has 0 unspecified atom stereocenters. The third-order valence-corrected chi connectivity index (χ3v) is 6.97. The van der Waals surface area contributed by atoms with E-state index in [0.717, 1.165) is 24.1 Å². The van der Waals surface area contributed by atoms with Crippen LogP contribution in [0.25, 0.3) is 0 Å². The van der Waals surface area contributed by atoms with Crippen LogP contribution < -0.4 is 0 Å². The van der Waals surface area contributed by atoms with Gasteiger partial charge in [0.05, 0.1) is 5.75 Å². The summed E-state index contributed by atoms with van der Waals surface area (Å²) in [5, 5.41) is 0. The number of rotatable bonds is 8. The van der Waals surface area contributed by atoms with E-state index in [1.54, 1.807) is 17.0 Å². The van der Waals surface area contributed by atoms with Gasteiger partial charge in [-0.15, -0.1) is 0 Å². The number of halogens is 1. The van der Waals surface area contributed by atoms with E-state index in [2.05, 4.69) is 4.90 Å². The van der Waals surface area contributed by atoms with Crippen LogP contribution in [0.5, 0.6) is 0 Å². The second-order valence-electron chi connectivity index (χ2n) is 7.82. The van der Waals surface area contributed by atoms with Crippen molar-refractivity contribution in [3.05, 3.63) is 71.5 Å². The maximum absolute atomic E-state index is 13.1. The lowest BCUT2D eigenvalue weighted by atomic mass is 10.1. The summed E-state index contributed by atoms with van der Waals surface area (Å²) in [4.78, 5) is 16.5. The smallest absolute Gasteiger partial charge is 0.237 e. The lowest BCUT2D eigenvalue weighted by Gasteiger charge is -2.22. The van der Waals surface area contributed by atoms with Crippen molar-refractivity contribution in [2.45, 2.75) is 25.8 Å². The van der Waals surface area contributed by atoms with Crippen LogP contribution in [0.4, 0.5) is 4.39 Å². The van der Waals surface area contributed by atoms with Crippen LogP contribution in [0.1, 0.15) is 24.0 Å². The Labute approximate surface area is 178 Å². The number of nitrogens with zero attached hydrogens (tertiary/aromatic N) is 2. The van der Waals surface area contributed by atoms with Crippen molar-refractivity contribution >= 4 is 15.7 Å². The number of hydrogen-bond acceptors (Lipinski definition) is 4. The highest BCUT2D eigenvalue weighted by molar-refractivity contribution is 7.92. The molecule has 0 atom stereocenters. The van der Waals surface area contributed by atoms with Crippen molar-refractivity contribution in [3.63, 3.8) is 0 Å². The Kier molecular flexibility index (Phi) is 7.99. The van der Waals surface area contributed by atoms with Crippen LogP contribution >= 0.6 is 0 Å². The summed E-state index contributed by atoms with van der Waals surface area (Å²) < 4.78 is 37.9. The molecule has 0 N–H and O–H groups in total. The van der Waals surface area contributed by atoms with Gasteiger partial charge in [-0.2, -0.15) is 0 Å². The van der Waals surface area contributed by atoms with E-state index < -0.39 is 15.6 Å². The predicted molar refractivity (Wildman–Crippen MR) is 116 cm³/mol. The van der Waals surface area contributed by atoms with Gasteiger partial charge in [0, 0.05) is 32.7 Å². The van der Waals surface area contributed by atoms with Crippen LogP contribution in [0.2, 0.25) is 0 Å². The van der Waals surface area contributed by atoms with Crippen molar-refractivity contribution in [1.29, 1.82) is 0 Å². The fourth-order valence-corrected chi connectivity index (χ4v) is 5.01. The monoisotopic (exact) mass is 432 g/mol. The van der Waals surface area contributed by atoms with E-state index in [1.807, 2.05) is 30.3 Å². The van der Waals surface area contributed by atoms with E-state index >= 15 is 0 Å². The summed E-state index contributed by atoms with van der Waals surface area (Å²) in [6.07, 6.45) is 2.00. The Balaban J connectivity index is 1.44. The number of sulfone groups is 1. The maximum Gasteiger partial charge on any atom is 0.237 e. The highest BCUT2D eigenvalue weighted by atomic mass is 32.2. The summed E-state index contributed by atoms with van der Waals surface area (Å²) in [7, 11) is -3.42. The van der Waals surface area contributed by atoms with Crippen LogP contribution in [-0.2, 0) is 27.6 Å². The second-order valence-corrected chi connectivity index (χ2v) is 10.0. The fourth-order valence-electron chi connectivity index (χ4n) is 3.72. The molecule has 162 valence electrons. The van der Waals surface area contributed by atoms with E-state index in [0.29, 0.717) is 39.0 Å². The van der Waals surface area contributed by atoms with Gasteiger partial charge >= 0.3 is 0 Å². The molecule has 0 radical (unpaired) electrons. The zero-order chi connectivity index (χ0) is 21.4. The minimum Gasteiger partial charge on any atom is -0.340 e. The number of aryl methyl sites for hydroxylation is 1. The Bertz CT molecular complexity index is 917. The second kappa shape index (κ2) is 10.7. The number of amides is 1. The molecule has 5 nitrogen and oxygen atoms in total.